The third kappa shape index (κ3) is 29.9. The highest BCUT2D eigenvalue weighted by Gasteiger charge is 2.28. The summed E-state index contributed by atoms with van der Waals surface area (Å²) in [6.07, 6.45) is 26.5. The van der Waals surface area contributed by atoms with E-state index in [1.54, 1.807) is 6.92 Å². The number of ether oxygens (including phenoxy) is 1. The Morgan fingerprint density at radius 3 is 1.43 bits per heavy atom. The van der Waals surface area contributed by atoms with E-state index in [0.29, 0.717) is 12.8 Å². The van der Waals surface area contributed by atoms with E-state index in [4.69, 9.17) is 9.84 Å². The highest BCUT2D eigenvalue weighted by Crippen LogP contribution is 2.43. The molecular weight excluding hydrogens is 613 g/mol. The van der Waals surface area contributed by atoms with E-state index in [1.165, 1.54) is 109 Å². The second kappa shape index (κ2) is 30.8. The van der Waals surface area contributed by atoms with Gasteiger partial charge in [0.25, 0.3) is 0 Å². The normalized spacial score (nSPS) is 14.0. The Hall–Kier alpha value is -1.52. The second-order valence-electron chi connectivity index (χ2n) is 12.4. The Morgan fingerprint density at radius 2 is 1.02 bits per heavy atom. The fourth-order valence-electron chi connectivity index (χ4n) is 5.07. The van der Waals surface area contributed by atoms with Crippen LogP contribution in [0.5, 0.6) is 0 Å². The molecule has 0 radical (unpaired) electrons. The molecule has 0 saturated heterocycles. The molecule has 46 heavy (non-hydrogen) atoms. The van der Waals surface area contributed by atoms with Gasteiger partial charge in [-0.05, 0) is 12.8 Å². The van der Waals surface area contributed by atoms with Crippen molar-refractivity contribution < 1.29 is 47.8 Å². The topological polar surface area (TPSA) is 169 Å². The van der Waals surface area contributed by atoms with Crippen LogP contribution in [-0.2, 0) is 32.7 Å². The summed E-state index contributed by atoms with van der Waals surface area (Å²) in [6.45, 7) is 2.13. The van der Waals surface area contributed by atoms with Crippen LogP contribution >= 0.6 is 7.82 Å². The van der Waals surface area contributed by atoms with Crippen molar-refractivity contribution in [2.75, 3.05) is 19.8 Å². The van der Waals surface area contributed by atoms with Crippen LogP contribution in [-0.4, -0.2) is 64.9 Å². The molecule has 0 saturated carbocycles. The van der Waals surface area contributed by atoms with Gasteiger partial charge in [0.15, 0.2) is 6.04 Å². The summed E-state index contributed by atoms with van der Waals surface area (Å²) in [4.78, 5) is 44.5. The fourth-order valence-corrected chi connectivity index (χ4v) is 5.84. The van der Waals surface area contributed by atoms with Gasteiger partial charge in [0.05, 0.1) is 13.2 Å². The number of hydrogen-bond donors (Lipinski definition) is 4. The number of phosphoric ester groups is 1. The van der Waals surface area contributed by atoms with Crippen molar-refractivity contribution in [2.45, 2.75) is 180 Å². The molecule has 3 atom stereocenters. The van der Waals surface area contributed by atoms with Crippen LogP contribution in [0.25, 0.3) is 0 Å². The fraction of sp³-hybridized carbons (Fsp3) is 0.912. The Labute approximate surface area is 278 Å². The van der Waals surface area contributed by atoms with Crippen molar-refractivity contribution in [1.82, 2.24) is 5.32 Å². The SMILES string of the molecule is CCCCCCCCCCCCCCCCCCCCCCCC(=O)OCC(O)COP(=O)(O)OCC(NC(=O)CCC)C(=O)O. The Kier molecular flexibility index (Phi) is 29.8. The lowest BCUT2D eigenvalue weighted by Crippen LogP contribution is -2.43. The maximum atomic E-state index is 12.0. The minimum absolute atomic E-state index is 0.0988. The minimum atomic E-state index is -4.71. The predicted octanol–water partition coefficient (Wildman–Crippen LogP) is 8.00. The number of unbranched alkanes of at least 4 members (excludes halogenated alkanes) is 20. The van der Waals surface area contributed by atoms with Gasteiger partial charge in [-0.25, -0.2) is 9.36 Å². The van der Waals surface area contributed by atoms with Gasteiger partial charge in [0.2, 0.25) is 5.91 Å². The predicted molar refractivity (Wildman–Crippen MR) is 180 cm³/mol. The van der Waals surface area contributed by atoms with Gasteiger partial charge >= 0.3 is 19.8 Å². The summed E-state index contributed by atoms with van der Waals surface area (Å²) in [5.41, 5.74) is 0. The molecule has 11 nitrogen and oxygen atoms in total. The van der Waals surface area contributed by atoms with Gasteiger partial charge < -0.3 is 25.2 Å². The molecule has 1 amide bonds. The molecule has 0 aliphatic heterocycles. The molecule has 4 N–H and O–H groups in total. The third-order valence-corrected chi connectivity index (χ3v) is 8.82. The maximum Gasteiger partial charge on any atom is 0.472 e. The average Bonchev–Trinajstić information content (AvgIpc) is 3.01. The largest absolute Gasteiger partial charge is 0.480 e. The van der Waals surface area contributed by atoms with Crippen molar-refractivity contribution >= 4 is 25.7 Å². The van der Waals surface area contributed by atoms with Gasteiger partial charge in [0.1, 0.15) is 12.7 Å². The Morgan fingerprint density at radius 1 is 0.609 bits per heavy atom. The number of aliphatic carboxylic acids is 1. The number of nitrogens with one attached hydrogen (secondary N) is 1. The summed E-state index contributed by atoms with van der Waals surface area (Å²) in [7, 11) is -4.71. The van der Waals surface area contributed by atoms with Gasteiger partial charge in [-0.2, -0.15) is 0 Å². The van der Waals surface area contributed by atoms with Crippen molar-refractivity contribution in [3.8, 4) is 0 Å². The van der Waals surface area contributed by atoms with Crippen LogP contribution in [0.1, 0.15) is 168 Å². The van der Waals surface area contributed by atoms with Crippen molar-refractivity contribution in [3.05, 3.63) is 0 Å². The lowest BCUT2D eigenvalue weighted by atomic mass is 10.0. The van der Waals surface area contributed by atoms with Crippen LogP contribution in [0.3, 0.4) is 0 Å². The van der Waals surface area contributed by atoms with Gasteiger partial charge in [-0.15, -0.1) is 0 Å². The van der Waals surface area contributed by atoms with E-state index in [9.17, 15) is 28.9 Å². The molecule has 0 spiro atoms. The number of carboxylic acid groups (broad SMARTS) is 1. The number of carbonyl (C=O) groups is 3. The number of esters is 1. The molecule has 0 aromatic heterocycles. The number of amides is 1. The average molecular weight is 680 g/mol. The van der Waals surface area contributed by atoms with Gasteiger partial charge in [0, 0.05) is 12.8 Å². The summed E-state index contributed by atoms with van der Waals surface area (Å²) >= 11 is 0. The molecule has 0 aromatic rings. The summed E-state index contributed by atoms with van der Waals surface area (Å²) in [6, 6.07) is -1.53. The van der Waals surface area contributed by atoms with E-state index in [-0.39, 0.29) is 12.8 Å². The first-order valence-electron chi connectivity index (χ1n) is 18.1. The van der Waals surface area contributed by atoms with E-state index >= 15 is 0 Å². The van der Waals surface area contributed by atoms with Crippen molar-refractivity contribution in [2.24, 2.45) is 0 Å². The maximum absolute atomic E-state index is 12.0. The van der Waals surface area contributed by atoms with Crippen LogP contribution in [0, 0.1) is 0 Å². The van der Waals surface area contributed by atoms with Crippen molar-refractivity contribution in [3.63, 3.8) is 0 Å². The number of phosphoric acid groups is 1. The van der Waals surface area contributed by atoms with Crippen LogP contribution in [0.2, 0.25) is 0 Å². The third-order valence-electron chi connectivity index (χ3n) is 7.87. The zero-order valence-electron chi connectivity index (χ0n) is 28.9. The number of rotatable bonds is 34. The molecule has 12 heteroatoms. The lowest BCUT2D eigenvalue weighted by molar-refractivity contribution is -0.147. The van der Waals surface area contributed by atoms with E-state index in [1.807, 2.05) is 0 Å². The number of carbonyl (C=O) groups excluding carboxylic acids is 2. The summed E-state index contributed by atoms with van der Waals surface area (Å²) < 4.78 is 26.3. The van der Waals surface area contributed by atoms with E-state index in [2.05, 4.69) is 21.3 Å². The molecule has 0 aliphatic carbocycles. The van der Waals surface area contributed by atoms with Crippen LogP contribution in [0.15, 0.2) is 0 Å². The highest BCUT2D eigenvalue weighted by molar-refractivity contribution is 7.47. The molecule has 0 aliphatic rings. The first-order chi connectivity index (χ1) is 22.1. The monoisotopic (exact) mass is 679 g/mol. The highest BCUT2D eigenvalue weighted by atomic mass is 31.2. The quantitative estimate of drug-likeness (QED) is 0.0297. The number of hydrogen-bond acceptors (Lipinski definition) is 8. The zero-order chi connectivity index (χ0) is 34.3. The number of carboxylic acids is 1. The number of aliphatic hydroxyl groups is 1. The Balaban J connectivity index is 3.63. The summed E-state index contributed by atoms with van der Waals surface area (Å²) in [5, 5.41) is 21.2. The molecule has 0 heterocycles. The molecule has 0 fully saturated rings. The second-order valence-corrected chi connectivity index (χ2v) is 13.9. The van der Waals surface area contributed by atoms with Gasteiger partial charge in [-0.3, -0.25) is 18.6 Å². The summed E-state index contributed by atoms with van der Waals surface area (Å²) in [5.74, 6) is -2.44. The molecule has 272 valence electrons. The van der Waals surface area contributed by atoms with E-state index in [0.717, 1.165) is 19.3 Å². The van der Waals surface area contributed by atoms with Gasteiger partial charge in [-0.1, -0.05) is 142 Å². The molecule has 0 rings (SSSR count). The number of aliphatic hydroxyl groups excluding tert-OH is 1. The minimum Gasteiger partial charge on any atom is -0.480 e. The molecular formula is C34H66NO10P. The molecule has 0 bridgehead atoms. The van der Waals surface area contributed by atoms with Crippen molar-refractivity contribution in [1.29, 1.82) is 0 Å². The first-order valence-corrected chi connectivity index (χ1v) is 19.6. The molecule has 3 unspecified atom stereocenters. The van der Waals surface area contributed by atoms with Crippen LogP contribution in [0.4, 0.5) is 0 Å². The zero-order valence-corrected chi connectivity index (χ0v) is 29.8. The molecule has 0 aromatic carbocycles. The Bertz CT molecular complexity index is 813. The standard InChI is InChI=1S/C34H66NO10P/c1-3-5-6-7-8-9-10-11-12-13-14-15-16-17-18-19-20-21-22-23-24-26-33(38)43-27-30(36)28-44-46(41,42)45-29-31(34(39)40)35-32(37)25-4-2/h30-31,36H,3-29H2,1-2H3,(H,35,37)(H,39,40)(H,41,42). The lowest BCUT2D eigenvalue weighted by Gasteiger charge is -2.18. The smallest absolute Gasteiger partial charge is 0.472 e. The first kappa shape index (κ1) is 44.5. The van der Waals surface area contributed by atoms with E-state index < -0.39 is 57.6 Å². The van der Waals surface area contributed by atoms with Crippen LogP contribution < -0.4 is 5.32 Å².